The fraction of sp³-hybridized carbons (Fsp3) is 0.500. The molecule has 0 radical (unpaired) electrons. The lowest BCUT2D eigenvalue weighted by molar-refractivity contribution is -0.137. The van der Waals surface area contributed by atoms with Gasteiger partial charge in [-0.1, -0.05) is 52.0 Å². The summed E-state index contributed by atoms with van der Waals surface area (Å²) in [6, 6.07) is 7.07. The van der Waals surface area contributed by atoms with Crippen LogP contribution in [0.15, 0.2) is 24.3 Å². The third kappa shape index (κ3) is 13.1. The molecule has 0 aliphatic heterocycles. The van der Waals surface area contributed by atoms with Crippen LogP contribution in [0.5, 0.6) is 11.5 Å². The second-order valence-corrected chi connectivity index (χ2v) is 8.14. The van der Waals surface area contributed by atoms with Crippen LogP contribution in [-0.2, 0) is 52.9 Å². The van der Waals surface area contributed by atoms with E-state index in [9.17, 15) is 19.8 Å². The Balaban J connectivity index is 0.000000563. The molecule has 0 saturated heterocycles. The molecule has 6 N–H and O–H groups in total. The van der Waals surface area contributed by atoms with Crippen molar-refractivity contribution in [3.05, 3.63) is 57.6 Å². The average molecular weight is 523 g/mol. The monoisotopic (exact) mass is 522 g/mol. The Morgan fingerprint density at radius 1 is 0.622 bits per heavy atom. The number of ether oxygens (including phenoxy) is 1. The Kier molecular flexibility index (Phi) is 17.4. The third-order valence-electron chi connectivity index (χ3n) is 5.36. The number of aliphatic hydroxyl groups excluding tert-OH is 2. The summed E-state index contributed by atoms with van der Waals surface area (Å²) in [5, 5.41) is 53.2. The minimum absolute atomic E-state index is 0.0142. The summed E-state index contributed by atoms with van der Waals surface area (Å²) < 4.78 is 4.63. The number of phenols is 2. The van der Waals surface area contributed by atoms with Gasteiger partial charge in [-0.25, -0.2) is 0 Å². The summed E-state index contributed by atoms with van der Waals surface area (Å²) in [4.78, 5) is 21.2. The van der Waals surface area contributed by atoms with Crippen LogP contribution in [0.2, 0.25) is 0 Å². The SMILES string of the molecule is CCc1cc(CC(=O)O)cc(CC)c1O.CCc1cc(CC(=O)O)cc(CC)c1O.OCCOCCO. The largest absolute Gasteiger partial charge is 0.507 e. The number of carbonyl (C=O) groups is 2. The lowest BCUT2D eigenvalue weighted by Crippen LogP contribution is -2.03. The van der Waals surface area contributed by atoms with Gasteiger partial charge in [0.25, 0.3) is 0 Å². The van der Waals surface area contributed by atoms with E-state index in [1.165, 1.54) is 0 Å². The number of carboxylic acids is 2. The molecular weight excluding hydrogens is 480 g/mol. The van der Waals surface area contributed by atoms with Gasteiger partial charge in [0.2, 0.25) is 0 Å². The number of aliphatic carboxylic acids is 2. The van der Waals surface area contributed by atoms with E-state index in [1.54, 1.807) is 24.3 Å². The quantitative estimate of drug-likeness (QED) is 0.229. The summed E-state index contributed by atoms with van der Waals surface area (Å²) >= 11 is 0. The standard InChI is InChI=1S/2C12H16O3.C4H10O3/c2*1-3-9-5-8(7-11(13)14)6-10(4-2)12(9)15;5-1-3-7-4-2-6/h2*5-6,15H,3-4,7H2,1-2H3,(H,13,14);5-6H,1-4H2. The highest BCUT2D eigenvalue weighted by Gasteiger charge is 2.10. The zero-order valence-corrected chi connectivity index (χ0v) is 22.3. The van der Waals surface area contributed by atoms with Gasteiger partial charge in [-0.05, 0) is 59.1 Å². The molecule has 0 unspecified atom stereocenters. The number of hydrogen-bond acceptors (Lipinski definition) is 7. The van der Waals surface area contributed by atoms with Crippen LogP contribution in [0.4, 0.5) is 0 Å². The number of phenolic OH excluding ortho intramolecular Hbond substituents is 2. The molecule has 9 nitrogen and oxygen atoms in total. The second kappa shape index (κ2) is 19.0. The minimum Gasteiger partial charge on any atom is -0.507 e. The maximum atomic E-state index is 10.6. The van der Waals surface area contributed by atoms with Gasteiger partial charge in [0, 0.05) is 0 Å². The Morgan fingerprint density at radius 2 is 0.892 bits per heavy atom. The van der Waals surface area contributed by atoms with Crippen molar-refractivity contribution in [2.75, 3.05) is 26.4 Å². The summed E-state index contributed by atoms with van der Waals surface area (Å²) in [6.07, 6.45) is 2.89. The molecule has 208 valence electrons. The van der Waals surface area contributed by atoms with E-state index in [-0.39, 0.29) is 26.1 Å². The highest BCUT2D eigenvalue weighted by molar-refractivity contribution is 5.71. The van der Waals surface area contributed by atoms with E-state index in [4.69, 9.17) is 20.4 Å². The van der Waals surface area contributed by atoms with Crippen LogP contribution in [0.25, 0.3) is 0 Å². The molecular formula is C28H42O9. The van der Waals surface area contributed by atoms with Gasteiger partial charge in [0.05, 0.1) is 39.3 Å². The minimum atomic E-state index is -0.843. The van der Waals surface area contributed by atoms with Crippen LogP contribution < -0.4 is 0 Å². The Labute approximate surface area is 219 Å². The number of aromatic hydroxyl groups is 2. The van der Waals surface area contributed by atoms with Gasteiger partial charge < -0.3 is 35.4 Å². The number of carboxylic acid groups (broad SMARTS) is 2. The van der Waals surface area contributed by atoms with Gasteiger partial charge >= 0.3 is 11.9 Å². The maximum absolute atomic E-state index is 10.6. The highest BCUT2D eigenvalue weighted by Crippen LogP contribution is 2.27. The molecule has 0 fully saturated rings. The summed E-state index contributed by atoms with van der Waals surface area (Å²) in [6.45, 7) is 8.47. The number of aliphatic hydroxyl groups is 2. The zero-order chi connectivity index (χ0) is 28.4. The van der Waals surface area contributed by atoms with Crippen molar-refractivity contribution in [2.24, 2.45) is 0 Å². The van der Waals surface area contributed by atoms with Gasteiger partial charge in [0.1, 0.15) is 11.5 Å². The molecule has 0 aromatic heterocycles. The first kappa shape index (κ1) is 33.9. The van der Waals surface area contributed by atoms with E-state index >= 15 is 0 Å². The number of aryl methyl sites for hydroxylation is 4. The lowest BCUT2D eigenvalue weighted by Gasteiger charge is -2.09. The summed E-state index contributed by atoms with van der Waals surface area (Å²) in [7, 11) is 0. The molecule has 0 aliphatic rings. The predicted octanol–water partition coefficient (Wildman–Crippen LogP) is 3.28. The highest BCUT2D eigenvalue weighted by atomic mass is 16.5. The van der Waals surface area contributed by atoms with Crippen molar-refractivity contribution in [3.63, 3.8) is 0 Å². The first-order valence-electron chi connectivity index (χ1n) is 12.5. The van der Waals surface area contributed by atoms with E-state index in [0.717, 1.165) is 33.4 Å². The van der Waals surface area contributed by atoms with E-state index in [1.807, 2.05) is 27.7 Å². The fourth-order valence-electron chi connectivity index (χ4n) is 3.53. The van der Waals surface area contributed by atoms with Gasteiger partial charge in [-0.15, -0.1) is 0 Å². The smallest absolute Gasteiger partial charge is 0.307 e. The van der Waals surface area contributed by atoms with Crippen LogP contribution >= 0.6 is 0 Å². The maximum Gasteiger partial charge on any atom is 0.307 e. The number of benzene rings is 2. The fourth-order valence-corrected chi connectivity index (χ4v) is 3.53. The first-order valence-corrected chi connectivity index (χ1v) is 12.5. The van der Waals surface area contributed by atoms with Crippen LogP contribution in [0.1, 0.15) is 61.1 Å². The molecule has 0 bridgehead atoms. The molecule has 0 aliphatic carbocycles. The number of rotatable bonds is 12. The summed E-state index contributed by atoms with van der Waals surface area (Å²) in [5.74, 6) is -1.06. The molecule has 2 aromatic carbocycles. The second-order valence-electron chi connectivity index (χ2n) is 8.14. The van der Waals surface area contributed by atoms with Crippen molar-refractivity contribution in [1.29, 1.82) is 0 Å². The molecule has 2 aromatic rings. The van der Waals surface area contributed by atoms with Crippen molar-refractivity contribution < 1.29 is 45.0 Å². The van der Waals surface area contributed by atoms with Gasteiger partial charge in [-0.2, -0.15) is 0 Å². The molecule has 0 spiro atoms. The normalized spacial score (nSPS) is 10.1. The topological polar surface area (TPSA) is 165 Å². The predicted molar refractivity (Wildman–Crippen MR) is 141 cm³/mol. The Morgan fingerprint density at radius 3 is 1.08 bits per heavy atom. The average Bonchev–Trinajstić information content (AvgIpc) is 2.86. The zero-order valence-electron chi connectivity index (χ0n) is 22.3. The number of hydrogen-bond donors (Lipinski definition) is 6. The van der Waals surface area contributed by atoms with E-state index < -0.39 is 11.9 Å². The summed E-state index contributed by atoms with van der Waals surface area (Å²) in [5.41, 5.74) is 4.82. The third-order valence-corrected chi connectivity index (χ3v) is 5.36. The van der Waals surface area contributed by atoms with E-state index in [0.29, 0.717) is 50.4 Å². The molecule has 2 rings (SSSR count). The first-order chi connectivity index (χ1) is 17.6. The molecule has 0 atom stereocenters. The van der Waals surface area contributed by atoms with Crippen LogP contribution in [0, 0.1) is 0 Å². The Hall–Kier alpha value is -3.14. The van der Waals surface area contributed by atoms with Gasteiger partial charge in [-0.3, -0.25) is 9.59 Å². The Bertz CT molecular complexity index is 843. The van der Waals surface area contributed by atoms with Crippen molar-refractivity contribution in [3.8, 4) is 11.5 Å². The molecule has 9 heteroatoms. The van der Waals surface area contributed by atoms with Gasteiger partial charge in [0.15, 0.2) is 0 Å². The van der Waals surface area contributed by atoms with Crippen molar-refractivity contribution >= 4 is 11.9 Å². The van der Waals surface area contributed by atoms with Crippen LogP contribution in [0.3, 0.4) is 0 Å². The van der Waals surface area contributed by atoms with E-state index in [2.05, 4.69) is 4.74 Å². The van der Waals surface area contributed by atoms with Crippen molar-refractivity contribution in [1.82, 2.24) is 0 Å². The molecule has 37 heavy (non-hydrogen) atoms. The molecule has 0 amide bonds. The van der Waals surface area contributed by atoms with Crippen LogP contribution in [-0.4, -0.2) is 69.0 Å². The molecule has 0 heterocycles. The van der Waals surface area contributed by atoms with Crippen molar-refractivity contribution in [2.45, 2.75) is 66.2 Å². The molecule has 0 saturated carbocycles. The lowest BCUT2D eigenvalue weighted by atomic mass is 9.99.